The van der Waals surface area contributed by atoms with Crippen LogP contribution in [0.3, 0.4) is 0 Å². The molecular weight excluding hydrogens is 1130 g/mol. The van der Waals surface area contributed by atoms with Crippen LogP contribution in [0.5, 0.6) is 0 Å². The van der Waals surface area contributed by atoms with Gasteiger partial charge in [0.2, 0.25) is 0 Å². The summed E-state index contributed by atoms with van der Waals surface area (Å²) >= 11 is 31.7. The lowest BCUT2D eigenvalue weighted by atomic mass is 9.83. The van der Waals surface area contributed by atoms with Crippen molar-refractivity contribution in [3.8, 4) is 22.5 Å². The number of aromatic nitrogens is 4. The highest BCUT2D eigenvalue weighted by molar-refractivity contribution is 9.10. The lowest BCUT2D eigenvalue weighted by molar-refractivity contribution is -0.0641. The van der Waals surface area contributed by atoms with E-state index < -0.39 is 22.8 Å². The van der Waals surface area contributed by atoms with Crippen molar-refractivity contribution < 1.29 is 37.5 Å². The first-order valence-electron chi connectivity index (χ1n) is 24.0. The lowest BCUT2D eigenvalue weighted by Crippen LogP contribution is -2.34. The second-order valence-electron chi connectivity index (χ2n) is 19.2. The van der Waals surface area contributed by atoms with Gasteiger partial charge in [-0.3, -0.25) is 0 Å². The van der Waals surface area contributed by atoms with Crippen LogP contribution in [0.1, 0.15) is 122 Å². The van der Waals surface area contributed by atoms with Crippen molar-refractivity contribution in [2.75, 3.05) is 0 Å². The summed E-state index contributed by atoms with van der Waals surface area (Å²) in [5, 5.41) is 34.4. The molecule has 0 radical (unpaired) electrons. The zero-order valence-corrected chi connectivity index (χ0v) is 45.0. The Bertz CT molecular complexity index is 3390. The Labute approximate surface area is 454 Å². The molecule has 73 heavy (non-hydrogen) atoms. The van der Waals surface area contributed by atoms with E-state index in [0.29, 0.717) is 144 Å². The van der Waals surface area contributed by atoms with Crippen LogP contribution in [0, 0.1) is 18.2 Å². The SMILES string of the molecule is OC1(c2nc3c(F)cc(Br)cc3s2)CCC(OCc2c(-c3c(Cl)cccc3Cl)noc2C2CC2)CC1.[C-]#[N+]c1cc(F)c2nc(C3(O)CCC(OCc4c(-c5c(Cl)cccc5Cl)noc4C4CC4)CC3)sc2c1. The molecule has 0 bridgehead atoms. The second kappa shape index (κ2) is 20.8. The second-order valence-corrected chi connectivity index (χ2v) is 23.8. The van der Waals surface area contributed by atoms with Crippen LogP contribution in [0.4, 0.5) is 14.5 Å². The Hall–Kier alpha value is -4.09. The van der Waals surface area contributed by atoms with Gasteiger partial charge in [-0.15, -0.1) is 22.7 Å². The lowest BCUT2D eigenvalue weighted by Gasteiger charge is -2.34. The molecule has 8 aromatic rings. The predicted molar refractivity (Wildman–Crippen MR) is 283 cm³/mol. The number of hydrogen-bond donors (Lipinski definition) is 2. The van der Waals surface area contributed by atoms with Gasteiger partial charge in [-0.05, 0) is 126 Å². The monoisotopic (exact) mass is 1170 g/mol. The standard InChI is InChI=1S/C27H22Cl2FN3O3S.C26H22BrCl2FN2O3S/c1-31-15-11-20(30)24-21(12-15)37-26(32-24)27(34)9-7-16(8-10-27)35-13-17-23(33-36-25(17)14-5-6-14)22-18(28)3-2-4-19(22)29;27-14-10-19(30)23-20(11-14)36-25(31-23)26(33)8-6-15(7-9-26)34-12-16-22(32-35-24(16)13-4-5-13)21-17(28)2-1-3-18(21)29/h2-4,11-12,14,16,34H,5-10,13H2;1-3,10-11,13,15,33H,4-9,12H2. The third-order valence-electron chi connectivity index (χ3n) is 14.2. The molecule has 11 nitrogen and oxygen atoms in total. The topological polar surface area (TPSA) is 141 Å². The van der Waals surface area contributed by atoms with Crippen molar-refractivity contribution >= 4 is 111 Å². The number of nitrogens with zero attached hydrogens (tertiary/aromatic N) is 5. The molecule has 4 saturated carbocycles. The van der Waals surface area contributed by atoms with Gasteiger partial charge in [0.05, 0.1) is 56.8 Å². The van der Waals surface area contributed by atoms with Gasteiger partial charge in [-0.2, -0.15) is 0 Å². The van der Waals surface area contributed by atoms with Crippen molar-refractivity contribution in [3.63, 3.8) is 0 Å². The molecule has 0 atom stereocenters. The molecule has 0 spiro atoms. The van der Waals surface area contributed by atoms with E-state index in [9.17, 15) is 19.0 Å². The van der Waals surface area contributed by atoms with Gasteiger partial charge in [-0.25, -0.2) is 23.6 Å². The number of thiazole rings is 2. The fourth-order valence-electron chi connectivity index (χ4n) is 9.79. The molecule has 0 saturated heterocycles. The number of fused-ring (bicyclic) bond motifs is 2. The number of ether oxygens (including phenoxy) is 2. The first-order valence-corrected chi connectivity index (χ1v) is 27.9. The Morgan fingerprint density at radius 3 is 1.47 bits per heavy atom. The molecule has 4 aromatic carbocycles. The first kappa shape index (κ1) is 51.0. The maximum Gasteiger partial charge on any atom is 0.191 e. The van der Waals surface area contributed by atoms with E-state index in [1.54, 1.807) is 42.5 Å². The summed E-state index contributed by atoms with van der Waals surface area (Å²) in [5.41, 5.74) is 2.78. The molecule has 0 aliphatic heterocycles. The smallest absolute Gasteiger partial charge is 0.191 e. The van der Waals surface area contributed by atoms with E-state index in [0.717, 1.165) is 53.0 Å². The third kappa shape index (κ3) is 10.5. The molecule has 4 aliphatic rings. The summed E-state index contributed by atoms with van der Waals surface area (Å²) in [6.45, 7) is 7.79. The Morgan fingerprint density at radius 1 is 0.644 bits per heavy atom. The molecule has 0 amide bonds. The predicted octanol–water partition coefficient (Wildman–Crippen LogP) is 16.6. The Morgan fingerprint density at radius 2 is 1.05 bits per heavy atom. The number of hydrogen-bond acceptors (Lipinski definition) is 12. The van der Waals surface area contributed by atoms with Crippen molar-refractivity contribution in [2.45, 2.75) is 126 Å². The van der Waals surface area contributed by atoms with E-state index in [1.165, 1.54) is 34.8 Å². The van der Waals surface area contributed by atoms with Gasteiger partial charge in [0.1, 0.15) is 61.0 Å². The first-order chi connectivity index (χ1) is 35.2. The number of aliphatic hydroxyl groups is 2. The summed E-state index contributed by atoms with van der Waals surface area (Å²) < 4.78 is 54.8. The van der Waals surface area contributed by atoms with Crippen LogP contribution in [-0.2, 0) is 33.9 Å². The van der Waals surface area contributed by atoms with Crippen LogP contribution in [0.15, 0.2) is 74.2 Å². The minimum Gasteiger partial charge on any atom is -0.383 e. The highest BCUT2D eigenvalue weighted by Crippen LogP contribution is 2.50. The third-order valence-corrected chi connectivity index (χ3v) is 18.3. The molecule has 4 aromatic heterocycles. The van der Waals surface area contributed by atoms with Crippen LogP contribution < -0.4 is 0 Å². The number of benzene rings is 4. The normalized spacial score (nSPS) is 22.1. The maximum atomic E-state index is 14.4. The minimum absolute atomic E-state index is 0.0398. The van der Waals surface area contributed by atoms with Crippen LogP contribution in [-0.4, -0.2) is 42.7 Å². The van der Waals surface area contributed by atoms with Gasteiger partial charge in [0.25, 0.3) is 0 Å². The van der Waals surface area contributed by atoms with Crippen LogP contribution >= 0.6 is 85.0 Å². The minimum atomic E-state index is -1.15. The summed E-state index contributed by atoms with van der Waals surface area (Å²) in [6.07, 6.45) is 8.53. The zero-order valence-electron chi connectivity index (χ0n) is 38.7. The summed E-state index contributed by atoms with van der Waals surface area (Å²) in [6, 6.07) is 16.7. The zero-order chi connectivity index (χ0) is 50.8. The average Bonchev–Trinajstić information content (AvgIpc) is 4.20. The summed E-state index contributed by atoms with van der Waals surface area (Å²) in [4.78, 5) is 12.2. The Kier molecular flexibility index (Phi) is 14.5. The highest BCUT2D eigenvalue weighted by atomic mass is 79.9. The van der Waals surface area contributed by atoms with Crippen molar-refractivity contribution in [2.24, 2.45) is 0 Å². The Balaban J connectivity index is 0.000000157. The molecule has 2 N–H and O–H groups in total. The molecule has 378 valence electrons. The number of halogens is 7. The van der Waals surface area contributed by atoms with Gasteiger partial charge in [0.15, 0.2) is 11.5 Å². The van der Waals surface area contributed by atoms with E-state index in [-0.39, 0.29) is 23.4 Å². The van der Waals surface area contributed by atoms with E-state index in [2.05, 4.69) is 41.1 Å². The van der Waals surface area contributed by atoms with E-state index in [1.807, 2.05) is 6.07 Å². The summed E-state index contributed by atoms with van der Waals surface area (Å²) in [7, 11) is 0. The number of rotatable bonds is 12. The largest absolute Gasteiger partial charge is 0.383 e. The molecular formula is C53H44BrCl4F2N5O6S2. The van der Waals surface area contributed by atoms with Crippen LogP contribution in [0.25, 0.3) is 47.8 Å². The van der Waals surface area contributed by atoms with Gasteiger partial charge < -0.3 is 28.7 Å². The highest BCUT2D eigenvalue weighted by Gasteiger charge is 2.41. The molecule has 12 rings (SSSR count). The summed E-state index contributed by atoms with van der Waals surface area (Å²) in [5.74, 6) is 1.42. The fourth-order valence-corrected chi connectivity index (χ4v) is 13.9. The molecule has 4 heterocycles. The molecule has 4 aliphatic carbocycles. The molecule has 4 fully saturated rings. The van der Waals surface area contributed by atoms with Crippen molar-refractivity contribution in [1.82, 2.24) is 20.3 Å². The van der Waals surface area contributed by atoms with E-state index in [4.69, 9.17) is 71.5 Å². The van der Waals surface area contributed by atoms with Gasteiger partial charge >= 0.3 is 0 Å². The maximum absolute atomic E-state index is 14.4. The molecule has 0 unspecified atom stereocenters. The van der Waals surface area contributed by atoms with Crippen LogP contribution in [0.2, 0.25) is 20.1 Å². The molecule has 20 heteroatoms. The van der Waals surface area contributed by atoms with Gasteiger partial charge in [-0.1, -0.05) is 84.8 Å². The van der Waals surface area contributed by atoms with E-state index >= 15 is 0 Å². The fraction of sp³-hybridized carbons (Fsp3) is 0.377. The van der Waals surface area contributed by atoms with Crippen molar-refractivity contribution in [1.29, 1.82) is 0 Å². The van der Waals surface area contributed by atoms with Crippen molar-refractivity contribution in [3.05, 3.63) is 141 Å². The van der Waals surface area contributed by atoms with Gasteiger partial charge in [0, 0.05) is 43.3 Å². The average molecular weight is 1170 g/mol. The quantitative estimate of drug-likeness (QED) is 0.114.